The van der Waals surface area contributed by atoms with Crippen molar-refractivity contribution in [2.24, 2.45) is 0 Å². The molecule has 0 radical (unpaired) electrons. The van der Waals surface area contributed by atoms with Crippen molar-refractivity contribution in [1.29, 1.82) is 0 Å². The number of phenolic OH excluding ortho intramolecular Hbond substituents is 1. The molecule has 1 aliphatic rings. The predicted octanol–water partition coefficient (Wildman–Crippen LogP) is 5.47. The quantitative estimate of drug-likeness (QED) is 0.384. The first-order valence-electron chi connectivity index (χ1n) is 9.30. The molecule has 0 unspecified atom stereocenters. The number of amides is 1. The zero-order chi connectivity index (χ0) is 24.0. The average Bonchev–Trinajstić information content (AvgIpc) is 3.04. The number of anilines is 2. The van der Waals surface area contributed by atoms with Crippen molar-refractivity contribution in [3.05, 3.63) is 81.8 Å². The lowest BCUT2D eigenvalue weighted by Crippen LogP contribution is -2.13. The second-order valence-electron chi connectivity index (χ2n) is 7.11. The van der Waals surface area contributed by atoms with E-state index in [4.69, 9.17) is 0 Å². The smallest absolute Gasteiger partial charge is 0.416 e. The van der Waals surface area contributed by atoms with E-state index >= 15 is 0 Å². The van der Waals surface area contributed by atoms with Gasteiger partial charge in [-0.25, -0.2) is 8.42 Å². The van der Waals surface area contributed by atoms with Gasteiger partial charge in [0.2, 0.25) is 0 Å². The number of halogens is 4. The first-order valence-corrected chi connectivity index (χ1v) is 11.6. The standard InChI is InChI=1S/C22H14BrF3N2O4S/c23-18-10-12(1-8-20(18)29)9-17-16-11-15(6-7-19(16)27-21(17)30)33(31,32)28-14-4-2-13(3-5-14)22(24,25)26/h1-11,28-29H,(H,27,30). The Bertz CT molecular complexity index is 1400. The zero-order valence-electron chi connectivity index (χ0n) is 16.4. The van der Waals surface area contributed by atoms with Crippen LogP contribution in [-0.4, -0.2) is 19.4 Å². The van der Waals surface area contributed by atoms with E-state index in [9.17, 15) is 31.5 Å². The minimum atomic E-state index is -4.53. The molecule has 0 saturated heterocycles. The summed E-state index contributed by atoms with van der Waals surface area (Å²) in [5.41, 5.74) is 0.630. The van der Waals surface area contributed by atoms with E-state index in [0.29, 0.717) is 21.3 Å². The maximum atomic E-state index is 12.8. The number of rotatable bonds is 4. The zero-order valence-corrected chi connectivity index (χ0v) is 18.8. The fourth-order valence-corrected chi connectivity index (χ4v) is 4.68. The van der Waals surface area contributed by atoms with Gasteiger partial charge in [-0.2, -0.15) is 13.2 Å². The fraction of sp³-hybridized carbons (Fsp3) is 0.0455. The highest BCUT2D eigenvalue weighted by Gasteiger charge is 2.30. The Morgan fingerprint density at radius 1 is 1.00 bits per heavy atom. The van der Waals surface area contributed by atoms with E-state index in [1.54, 1.807) is 18.2 Å². The van der Waals surface area contributed by atoms with Crippen LogP contribution in [0, 0.1) is 0 Å². The first-order chi connectivity index (χ1) is 15.4. The lowest BCUT2D eigenvalue weighted by molar-refractivity contribution is -0.137. The second kappa shape index (κ2) is 8.23. The van der Waals surface area contributed by atoms with Crippen LogP contribution in [0.25, 0.3) is 11.6 Å². The molecule has 1 aliphatic heterocycles. The molecular formula is C22H14BrF3N2O4S. The van der Waals surface area contributed by atoms with Crippen LogP contribution < -0.4 is 10.0 Å². The van der Waals surface area contributed by atoms with Crippen molar-refractivity contribution in [3.63, 3.8) is 0 Å². The normalized spacial score (nSPS) is 14.8. The third kappa shape index (κ3) is 4.74. The minimum Gasteiger partial charge on any atom is -0.507 e. The number of hydrogen-bond donors (Lipinski definition) is 3. The summed E-state index contributed by atoms with van der Waals surface area (Å²) in [6, 6.07) is 12.2. The molecule has 0 spiro atoms. The second-order valence-corrected chi connectivity index (χ2v) is 9.65. The summed E-state index contributed by atoms with van der Waals surface area (Å²) in [6.45, 7) is 0. The van der Waals surface area contributed by atoms with Gasteiger partial charge >= 0.3 is 6.18 Å². The average molecular weight is 539 g/mol. The van der Waals surface area contributed by atoms with Crippen LogP contribution in [-0.2, 0) is 21.0 Å². The van der Waals surface area contributed by atoms with Gasteiger partial charge in [-0.15, -0.1) is 0 Å². The molecular weight excluding hydrogens is 525 g/mol. The topological polar surface area (TPSA) is 95.5 Å². The Kier molecular flexibility index (Phi) is 5.71. The number of nitrogens with one attached hydrogen (secondary N) is 2. The SMILES string of the molecule is O=C1Nc2ccc(S(=O)(=O)Nc3ccc(C(F)(F)F)cc3)cc2C1=Cc1ccc(O)c(Br)c1. The van der Waals surface area contributed by atoms with Gasteiger partial charge in [-0.3, -0.25) is 9.52 Å². The predicted molar refractivity (Wildman–Crippen MR) is 121 cm³/mol. The number of phenols is 1. The van der Waals surface area contributed by atoms with Crippen LogP contribution >= 0.6 is 15.9 Å². The van der Waals surface area contributed by atoms with Gasteiger partial charge in [0.05, 0.1) is 14.9 Å². The van der Waals surface area contributed by atoms with E-state index in [2.05, 4.69) is 26.0 Å². The molecule has 4 rings (SSSR count). The molecule has 0 saturated carbocycles. The van der Waals surface area contributed by atoms with Gasteiger partial charge in [0.1, 0.15) is 5.75 Å². The lowest BCUT2D eigenvalue weighted by atomic mass is 10.0. The first kappa shape index (κ1) is 22.9. The number of alkyl halides is 3. The van der Waals surface area contributed by atoms with Gasteiger partial charge in [0, 0.05) is 22.5 Å². The molecule has 0 fully saturated rings. The largest absolute Gasteiger partial charge is 0.507 e. The summed E-state index contributed by atoms with van der Waals surface area (Å²) < 4.78 is 66.5. The van der Waals surface area contributed by atoms with E-state index in [-0.39, 0.29) is 21.9 Å². The van der Waals surface area contributed by atoms with E-state index in [0.717, 1.165) is 24.3 Å². The summed E-state index contributed by atoms with van der Waals surface area (Å²) in [6.07, 6.45) is -2.99. The minimum absolute atomic E-state index is 0.0242. The molecule has 0 bridgehead atoms. The van der Waals surface area contributed by atoms with Crippen molar-refractivity contribution in [1.82, 2.24) is 0 Å². The molecule has 0 aromatic heterocycles. The van der Waals surface area contributed by atoms with Crippen molar-refractivity contribution in [2.75, 3.05) is 10.0 Å². The molecule has 0 aliphatic carbocycles. The number of benzene rings is 3. The highest BCUT2D eigenvalue weighted by molar-refractivity contribution is 9.10. The number of hydrogen-bond acceptors (Lipinski definition) is 4. The molecule has 3 aromatic carbocycles. The number of aromatic hydroxyl groups is 1. The Labute approximate surface area is 194 Å². The molecule has 170 valence electrons. The van der Waals surface area contributed by atoms with Gasteiger partial charge in [0.25, 0.3) is 15.9 Å². The lowest BCUT2D eigenvalue weighted by Gasteiger charge is -2.11. The molecule has 1 amide bonds. The Hall–Kier alpha value is -3.31. The molecule has 33 heavy (non-hydrogen) atoms. The van der Waals surface area contributed by atoms with Crippen molar-refractivity contribution < 1.29 is 31.5 Å². The van der Waals surface area contributed by atoms with Crippen LogP contribution in [0.5, 0.6) is 5.75 Å². The molecule has 3 aromatic rings. The Morgan fingerprint density at radius 3 is 2.33 bits per heavy atom. The van der Waals surface area contributed by atoms with Gasteiger partial charge in [-0.05, 0) is 82.2 Å². The summed E-state index contributed by atoms with van der Waals surface area (Å²) in [5.74, 6) is -0.407. The summed E-state index contributed by atoms with van der Waals surface area (Å²) in [7, 11) is -4.15. The summed E-state index contributed by atoms with van der Waals surface area (Å²) in [4.78, 5) is 12.3. The van der Waals surface area contributed by atoms with E-state index in [1.807, 2.05) is 0 Å². The van der Waals surface area contributed by atoms with Gasteiger partial charge < -0.3 is 10.4 Å². The number of carbonyl (C=O) groups excluding carboxylic acids is 1. The number of fused-ring (bicyclic) bond motifs is 1. The summed E-state index contributed by atoms with van der Waals surface area (Å²) >= 11 is 3.20. The summed E-state index contributed by atoms with van der Waals surface area (Å²) in [5, 5.41) is 12.3. The van der Waals surface area contributed by atoms with Crippen LogP contribution in [0.2, 0.25) is 0 Å². The van der Waals surface area contributed by atoms with Crippen molar-refractivity contribution >= 4 is 54.9 Å². The van der Waals surface area contributed by atoms with E-state index in [1.165, 1.54) is 24.3 Å². The van der Waals surface area contributed by atoms with E-state index < -0.39 is 27.7 Å². The fourth-order valence-electron chi connectivity index (χ4n) is 3.20. The molecule has 3 N–H and O–H groups in total. The van der Waals surface area contributed by atoms with Crippen LogP contribution in [0.3, 0.4) is 0 Å². The third-order valence-electron chi connectivity index (χ3n) is 4.83. The highest BCUT2D eigenvalue weighted by atomic mass is 79.9. The molecule has 11 heteroatoms. The maximum Gasteiger partial charge on any atom is 0.416 e. The monoisotopic (exact) mass is 538 g/mol. The maximum absolute atomic E-state index is 12.8. The van der Waals surface area contributed by atoms with Crippen LogP contribution in [0.1, 0.15) is 16.7 Å². The van der Waals surface area contributed by atoms with Crippen LogP contribution in [0.4, 0.5) is 24.5 Å². The Morgan fingerprint density at radius 2 is 1.70 bits per heavy atom. The van der Waals surface area contributed by atoms with Crippen molar-refractivity contribution in [3.8, 4) is 5.75 Å². The molecule has 0 atom stereocenters. The Balaban J connectivity index is 1.66. The van der Waals surface area contributed by atoms with Gasteiger partial charge in [-0.1, -0.05) is 6.07 Å². The number of sulfonamides is 1. The number of carbonyl (C=O) groups is 1. The van der Waals surface area contributed by atoms with Crippen molar-refractivity contribution in [2.45, 2.75) is 11.1 Å². The highest BCUT2D eigenvalue weighted by Crippen LogP contribution is 2.36. The third-order valence-corrected chi connectivity index (χ3v) is 6.85. The molecule has 6 nitrogen and oxygen atoms in total. The van der Waals surface area contributed by atoms with Gasteiger partial charge in [0.15, 0.2) is 0 Å². The molecule has 1 heterocycles. The van der Waals surface area contributed by atoms with Crippen LogP contribution in [0.15, 0.2) is 70.0 Å².